The third kappa shape index (κ3) is 3.00. The van der Waals surface area contributed by atoms with Crippen molar-refractivity contribution in [1.29, 1.82) is 0 Å². The lowest BCUT2D eigenvalue weighted by Crippen LogP contribution is -2.08. The molecule has 3 N–H and O–H groups in total. The lowest BCUT2D eigenvalue weighted by molar-refractivity contribution is 0.711. The molecular formula is C13H18N4. The van der Waals surface area contributed by atoms with Crippen LogP contribution in [-0.4, -0.2) is 16.3 Å². The third-order valence-electron chi connectivity index (χ3n) is 2.73. The first kappa shape index (κ1) is 11.5. The van der Waals surface area contributed by atoms with Crippen molar-refractivity contribution in [2.24, 2.45) is 7.05 Å². The molecule has 1 heterocycles. The first-order valence-corrected chi connectivity index (χ1v) is 5.73. The zero-order chi connectivity index (χ0) is 12.3. The summed E-state index contributed by atoms with van der Waals surface area (Å²) < 4.78 is 1.90. The maximum atomic E-state index is 5.80. The second-order valence-corrected chi connectivity index (χ2v) is 4.26. The molecule has 0 spiro atoms. The van der Waals surface area contributed by atoms with Crippen LogP contribution < -0.4 is 11.1 Å². The smallest absolute Gasteiger partial charge is 0.0492 e. The highest BCUT2D eigenvalue weighted by molar-refractivity contribution is 5.56. The van der Waals surface area contributed by atoms with Crippen molar-refractivity contribution >= 4 is 11.4 Å². The van der Waals surface area contributed by atoms with Gasteiger partial charge in [-0.2, -0.15) is 5.10 Å². The van der Waals surface area contributed by atoms with E-state index in [1.807, 2.05) is 43.0 Å². The summed E-state index contributed by atoms with van der Waals surface area (Å²) in [5, 5.41) is 7.51. The van der Waals surface area contributed by atoms with Crippen molar-refractivity contribution in [2.45, 2.75) is 13.3 Å². The molecule has 2 aromatic rings. The van der Waals surface area contributed by atoms with Crippen LogP contribution in [0.15, 0.2) is 30.5 Å². The lowest BCUT2D eigenvalue weighted by atomic mass is 10.2. The molecule has 17 heavy (non-hydrogen) atoms. The SMILES string of the molecule is Cc1cc(N)cc(NCCc2ccnn2C)c1. The van der Waals surface area contributed by atoms with Gasteiger partial charge in [0.1, 0.15) is 0 Å². The molecule has 0 bridgehead atoms. The van der Waals surface area contributed by atoms with Gasteiger partial charge in [0.15, 0.2) is 0 Å². The molecule has 90 valence electrons. The van der Waals surface area contributed by atoms with Crippen LogP contribution in [0, 0.1) is 6.92 Å². The maximum absolute atomic E-state index is 5.80. The number of nitrogen functional groups attached to an aromatic ring is 1. The highest BCUT2D eigenvalue weighted by atomic mass is 15.3. The average Bonchev–Trinajstić information content (AvgIpc) is 2.63. The van der Waals surface area contributed by atoms with Crippen LogP contribution in [0.25, 0.3) is 0 Å². The van der Waals surface area contributed by atoms with E-state index >= 15 is 0 Å². The topological polar surface area (TPSA) is 55.9 Å². The van der Waals surface area contributed by atoms with E-state index in [4.69, 9.17) is 5.73 Å². The second-order valence-electron chi connectivity index (χ2n) is 4.26. The molecule has 0 aliphatic carbocycles. The number of rotatable bonds is 4. The minimum absolute atomic E-state index is 0.799. The van der Waals surface area contributed by atoms with Gasteiger partial charge in [0.05, 0.1) is 0 Å². The summed E-state index contributed by atoms with van der Waals surface area (Å²) in [6, 6.07) is 8.05. The summed E-state index contributed by atoms with van der Waals surface area (Å²) in [4.78, 5) is 0. The van der Waals surface area contributed by atoms with Crippen molar-refractivity contribution < 1.29 is 0 Å². The molecule has 2 rings (SSSR count). The average molecular weight is 230 g/mol. The molecule has 0 saturated heterocycles. The van der Waals surface area contributed by atoms with Gasteiger partial charge in [-0.25, -0.2) is 0 Å². The summed E-state index contributed by atoms with van der Waals surface area (Å²) in [5.41, 5.74) is 10.1. The highest BCUT2D eigenvalue weighted by Crippen LogP contribution is 2.15. The minimum atomic E-state index is 0.799. The lowest BCUT2D eigenvalue weighted by Gasteiger charge is -2.08. The maximum Gasteiger partial charge on any atom is 0.0492 e. The molecular weight excluding hydrogens is 212 g/mol. The van der Waals surface area contributed by atoms with Gasteiger partial charge in [0, 0.05) is 43.3 Å². The zero-order valence-electron chi connectivity index (χ0n) is 10.3. The van der Waals surface area contributed by atoms with Gasteiger partial charge in [-0.05, 0) is 36.8 Å². The van der Waals surface area contributed by atoms with E-state index in [-0.39, 0.29) is 0 Å². The van der Waals surface area contributed by atoms with E-state index in [2.05, 4.69) is 16.5 Å². The normalized spacial score (nSPS) is 10.5. The monoisotopic (exact) mass is 230 g/mol. The van der Waals surface area contributed by atoms with Crippen LogP contribution >= 0.6 is 0 Å². The molecule has 0 aliphatic rings. The predicted octanol–water partition coefficient (Wildman–Crippen LogP) is 1.97. The molecule has 4 heteroatoms. The van der Waals surface area contributed by atoms with E-state index in [1.54, 1.807) is 0 Å². The first-order chi connectivity index (χ1) is 8.15. The fraction of sp³-hybridized carbons (Fsp3) is 0.308. The Morgan fingerprint density at radius 3 is 2.82 bits per heavy atom. The molecule has 0 aliphatic heterocycles. The number of aromatic nitrogens is 2. The van der Waals surface area contributed by atoms with Crippen molar-refractivity contribution in [3.05, 3.63) is 41.7 Å². The van der Waals surface area contributed by atoms with Gasteiger partial charge in [-0.3, -0.25) is 4.68 Å². The van der Waals surface area contributed by atoms with Crippen LogP contribution in [0.4, 0.5) is 11.4 Å². The quantitative estimate of drug-likeness (QED) is 0.789. The van der Waals surface area contributed by atoms with Gasteiger partial charge in [-0.15, -0.1) is 0 Å². The molecule has 0 unspecified atom stereocenters. The number of hydrogen-bond donors (Lipinski definition) is 2. The summed E-state index contributed by atoms with van der Waals surface area (Å²) >= 11 is 0. The van der Waals surface area contributed by atoms with Crippen molar-refractivity contribution in [3.63, 3.8) is 0 Å². The van der Waals surface area contributed by atoms with Crippen LogP contribution in [0.2, 0.25) is 0 Å². The Kier molecular flexibility index (Phi) is 3.32. The number of nitrogens with one attached hydrogen (secondary N) is 1. The van der Waals surface area contributed by atoms with Gasteiger partial charge in [-0.1, -0.05) is 0 Å². The Morgan fingerprint density at radius 1 is 1.35 bits per heavy atom. The number of aryl methyl sites for hydroxylation is 2. The number of anilines is 2. The number of nitrogens with zero attached hydrogens (tertiary/aromatic N) is 2. The van der Waals surface area contributed by atoms with E-state index in [0.717, 1.165) is 24.3 Å². The Morgan fingerprint density at radius 2 is 2.18 bits per heavy atom. The summed E-state index contributed by atoms with van der Waals surface area (Å²) in [6.07, 6.45) is 2.77. The number of nitrogens with two attached hydrogens (primary N) is 1. The zero-order valence-corrected chi connectivity index (χ0v) is 10.3. The van der Waals surface area contributed by atoms with Crippen molar-refractivity contribution in [1.82, 2.24) is 9.78 Å². The second kappa shape index (κ2) is 4.91. The van der Waals surface area contributed by atoms with Crippen molar-refractivity contribution in [2.75, 3.05) is 17.6 Å². The number of hydrogen-bond acceptors (Lipinski definition) is 3. The largest absolute Gasteiger partial charge is 0.399 e. The predicted molar refractivity (Wildman–Crippen MR) is 71.0 cm³/mol. The molecule has 1 aromatic heterocycles. The third-order valence-corrected chi connectivity index (χ3v) is 2.73. The van der Waals surface area contributed by atoms with Crippen molar-refractivity contribution in [3.8, 4) is 0 Å². The minimum Gasteiger partial charge on any atom is -0.399 e. The molecule has 4 nitrogen and oxygen atoms in total. The van der Waals surface area contributed by atoms with Gasteiger partial charge in [0.2, 0.25) is 0 Å². The molecule has 0 radical (unpaired) electrons. The molecule has 0 atom stereocenters. The van der Waals surface area contributed by atoms with E-state index in [1.165, 1.54) is 11.3 Å². The Labute approximate surface area is 101 Å². The standard InChI is InChI=1S/C13H18N4/c1-10-7-11(14)9-12(8-10)15-5-3-13-4-6-16-17(13)2/h4,6-9,15H,3,5,14H2,1-2H3. The Bertz CT molecular complexity index is 482. The Balaban J connectivity index is 1.92. The van der Waals surface area contributed by atoms with Crippen LogP contribution in [0.1, 0.15) is 11.3 Å². The summed E-state index contributed by atoms with van der Waals surface area (Å²) in [6.45, 7) is 2.92. The summed E-state index contributed by atoms with van der Waals surface area (Å²) in [7, 11) is 1.96. The van der Waals surface area contributed by atoms with Gasteiger partial charge in [0.25, 0.3) is 0 Å². The Hall–Kier alpha value is -1.97. The fourth-order valence-corrected chi connectivity index (χ4v) is 1.90. The fourth-order valence-electron chi connectivity index (χ4n) is 1.90. The van der Waals surface area contributed by atoms with Crippen LogP contribution in [0.3, 0.4) is 0 Å². The molecule has 0 amide bonds. The van der Waals surface area contributed by atoms with Gasteiger partial charge >= 0.3 is 0 Å². The van der Waals surface area contributed by atoms with Gasteiger partial charge < -0.3 is 11.1 Å². The number of benzene rings is 1. The van der Waals surface area contributed by atoms with Crippen LogP contribution in [0.5, 0.6) is 0 Å². The van der Waals surface area contributed by atoms with E-state index in [9.17, 15) is 0 Å². The highest BCUT2D eigenvalue weighted by Gasteiger charge is 1.99. The molecule has 1 aromatic carbocycles. The van der Waals surface area contributed by atoms with E-state index in [0.29, 0.717) is 0 Å². The molecule has 0 fully saturated rings. The summed E-state index contributed by atoms with van der Waals surface area (Å²) in [5.74, 6) is 0. The van der Waals surface area contributed by atoms with Crippen LogP contribution in [-0.2, 0) is 13.5 Å². The van der Waals surface area contributed by atoms with E-state index < -0.39 is 0 Å². The first-order valence-electron chi connectivity index (χ1n) is 5.73. The molecule has 0 saturated carbocycles.